The molecule has 0 bridgehead atoms. The first-order valence-corrected chi connectivity index (χ1v) is 6.88. The van der Waals surface area contributed by atoms with Gasteiger partial charge in [0.15, 0.2) is 0 Å². The topological polar surface area (TPSA) is 37.8 Å². The molecule has 0 spiro atoms. The van der Waals surface area contributed by atoms with Crippen LogP contribution in [-0.2, 0) is 0 Å². The predicted octanol–water partition coefficient (Wildman–Crippen LogP) is 3.23. The molecular formula is C15H17N3. The summed E-state index contributed by atoms with van der Waals surface area (Å²) in [4.78, 5) is 8.76. The van der Waals surface area contributed by atoms with Gasteiger partial charge in [-0.05, 0) is 49.7 Å². The summed E-state index contributed by atoms with van der Waals surface area (Å²) in [6.45, 7) is 0. The van der Waals surface area contributed by atoms with Crippen molar-refractivity contribution in [2.75, 3.05) is 5.32 Å². The number of anilines is 1. The van der Waals surface area contributed by atoms with Crippen molar-refractivity contribution in [3.63, 3.8) is 0 Å². The fourth-order valence-electron chi connectivity index (χ4n) is 2.81. The highest BCUT2D eigenvalue weighted by atomic mass is 15.1. The van der Waals surface area contributed by atoms with Gasteiger partial charge in [0.1, 0.15) is 12.1 Å². The lowest BCUT2D eigenvalue weighted by Crippen LogP contribution is -2.24. The van der Waals surface area contributed by atoms with Crippen LogP contribution in [0.5, 0.6) is 0 Å². The lowest BCUT2D eigenvalue weighted by Gasteiger charge is -2.19. The van der Waals surface area contributed by atoms with Crippen LogP contribution in [0.3, 0.4) is 0 Å². The second-order valence-corrected chi connectivity index (χ2v) is 5.58. The van der Waals surface area contributed by atoms with E-state index in [0.717, 1.165) is 28.6 Å². The average molecular weight is 239 g/mol. The Bertz CT molecular complexity index is 555. The number of nitrogens with zero attached hydrogens (tertiary/aromatic N) is 2. The number of nitrogens with one attached hydrogen (secondary N) is 1. The van der Waals surface area contributed by atoms with Crippen molar-refractivity contribution in [1.29, 1.82) is 0 Å². The van der Waals surface area contributed by atoms with Crippen LogP contribution in [0, 0.1) is 11.8 Å². The molecule has 0 aliphatic heterocycles. The van der Waals surface area contributed by atoms with Crippen LogP contribution in [0.15, 0.2) is 30.6 Å². The molecule has 92 valence electrons. The summed E-state index contributed by atoms with van der Waals surface area (Å²) in [5.74, 6) is 2.78. The fourth-order valence-corrected chi connectivity index (χ4v) is 2.81. The van der Waals surface area contributed by atoms with Gasteiger partial charge in [-0.25, -0.2) is 9.97 Å². The van der Waals surface area contributed by atoms with Crippen molar-refractivity contribution in [3.05, 3.63) is 30.6 Å². The molecule has 1 aromatic heterocycles. The van der Waals surface area contributed by atoms with Gasteiger partial charge in [0.25, 0.3) is 0 Å². The quantitative estimate of drug-likeness (QED) is 0.890. The predicted molar refractivity (Wildman–Crippen MR) is 72.4 cm³/mol. The van der Waals surface area contributed by atoms with E-state index in [0.29, 0.717) is 6.04 Å². The summed E-state index contributed by atoms with van der Waals surface area (Å²) in [5.41, 5.74) is 1.03. The molecule has 1 heterocycles. The van der Waals surface area contributed by atoms with Crippen molar-refractivity contribution in [1.82, 2.24) is 9.97 Å². The SMILES string of the molecule is c1ccc2c(NC(C3CC3)C3CC3)ncnc2c1. The van der Waals surface area contributed by atoms with Crippen molar-refractivity contribution in [2.45, 2.75) is 31.7 Å². The Morgan fingerprint density at radius 3 is 2.44 bits per heavy atom. The third-order valence-electron chi connectivity index (χ3n) is 4.11. The lowest BCUT2D eigenvalue weighted by atomic mass is 10.1. The zero-order valence-corrected chi connectivity index (χ0v) is 10.3. The first-order chi connectivity index (χ1) is 8.92. The number of hydrogen-bond acceptors (Lipinski definition) is 3. The van der Waals surface area contributed by atoms with E-state index in [1.54, 1.807) is 6.33 Å². The zero-order chi connectivity index (χ0) is 11.9. The van der Waals surface area contributed by atoms with Crippen LogP contribution in [0.1, 0.15) is 25.7 Å². The van der Waals surface area contributed by atoms with Crippen LogP contribution >= 0.6 is 0 Å². The Kier molecular flexibility index (Phi) is 2.25. The number of aromatic nitrogens is 2. The molecule has 0 radical (unpaired) electrons. The molecule has 0 saturated heterocycles. The molecule has 0 amide bonds. The molecule has 2 fully saturated rings. The standard InChI is InChI=1S/C15H17N3/c1-2-4-13-12(3-1)15(17-9-16-13)18-14(10-5-6-10)11-7-8-11/h1-4,9-11,14H,5-8H2,(H,16,17,18). The van der Waals surface area contributed by atoms with Crippen LogP contribution < -0.4 is 5.32 Å². The van der Waals surface area contributed by atoms with Gasteiger partial charge in [-0.1, -0.05) is 12.1 Å². The Balaban J connectivity index is 1.68. The molecular weight excluding hydrogens is 222 g/mol. The number of rotatable bonds is 4. The van der Waals surface area contributed by atoms with E-state index >= 15 is 0 Å². The van der Waals surface area contributed by atoms with E-state index in [2.05, 4.69) is 27.4 Å². The summed E-state index contributed by atoms with van der Waals surface area (Å²) >= 11 is 0. The van der Waals surface area contributed by atoms with E-state index in [1.807, 2.05) is 12.1 Å². The molecule has 2 aliphatic carbocycles. The largest absolute Gasteiger partial charge is 0.366 e. The third kappa shape index (κ3) is 1.84. The molecule has 3 nitrogen and oxygen atoms in total. The molecule has 1 aromatic carbocycles. The first-order valence-electron chi connectivity index (χ1n) is 6.88. The summed E-state index contributed by atoms with van der Waals surface area (Å²) in [6.07, 6.45) is 7.21. The molecule has 4 rings (SSSR count). The summed E-state index contributed by atoms with van der Waals surface area (Å²) in [6, 6.07) is 8.88. The Hall–Kier alpha value is -1.64. The van der Waals surface area contributed by atoms with Crippen LogP contribution in [0.25, 0.3) is 10.9 Å². The molecule has 3 heteroatoms. The number of para-hydroxylation sites is 1. The van der Waals surface area contributed by atoms with Gasteiger partial charge in [0.05, 0.1) is 5.52 Å². The maximum Gasteiger partial charge on any atom is 0.137 e. The maximum absolute atomic E-state index is 4.44. The van der Waals surface area contributed by atoms with Gasteiger partial charge >= 0.3 is 0 Å². The molecule has 0 atom stereocenters. The van der Waals surface area contributed by atoms with Crippen LogP contribution in [0.2, 0.25) is 0 Å². The molecule has 2 aromatic rings. The first kappa shape index (κ1) is 10.3. The normalized spacial score (nSPS) is 19.4. The molecule has 0 unspecified atom stereocenters. The highest BCUT2D eigenvalue weighted by Crippen LogP contribution is 2.46. The van der Waals surface area contributed by atoms with Gasteiger partial charge in [-0.3, -0.25) is 0 Å². The van der Waals surface area contributed by atoms with Gasteiger partial charge in [0, 0.05) is 11.4 Å². The van der Waals surface area contributed by atoms with Crippen LogP contribution in [-0.4, -0.2) is 16.0 Å². The second-order valence-electron chi connectivity index (χ2n) is 5.58. The molecule has 2 aliphatic rings. The van der Waals surface area contributed by atoms with Crippen LogP contribution in [0.4, 0.5) is 5.82 Å². The summed E-state index contributed by atoms with van der Waals surface area (Å²) < 4.78 is 0. The highest BCUT2D eigenvalue weighted by molar-refractivity contribution is 5.88. The maximum atomic E-state index is 4.44. The van der Waals surface area contributed by atoms with Gasteiger partial charge in [0.2, 0.25) is 0 Å². The summed E-state index contributed by atoms with van der Waals surface area (Å²) in [5, 5.41) is 4.84. The fraction of sp³-hybridized carbons (Fsp3) is 0.467. The van der Waals surface area contributed by atoms with E-state index in [9.17, 15) is 0 Å². The van der Waals surface area contributed by atoms with E-state index in [-0.39, 0.29) is 0 Å². The summed E-state index contributed by atoms with van der Waals surface area (Å²) in [7, 11) is 0. The lowest BCUT2D eigenvalue weighted by molar-refractivity contribution is 0.566. The van der Waals surface area contributed by atoms with Gasteiger partial charge in [-0.15, -0.1) is 0 Å². The average Bonchev–Trinajstić information content (AvgIpc) is 3.29. The zero-order valence-electron chi connectivity index (χ0n) is 10.3. The molecule has 1 N–H and O–H groups in total. The minimum Gasteiger partial charge on any atom is -0.366 e. The van der Waals surface area contributed by atoms with Crippen molar-refractivity contribution < 1.29 is 0 Å². The Labute approximate surface area is 107 Å². The minimum absolute atomic E-state index is 0.642. The number of hydrogen-bond donors (Lipinski definition) is 1. The van der Waals surface area contributed by atoms with Gasteiger partial charge < -0.3 is 5.32 Å². The number of benzene rings is 1. The second kappa shape index (κ2) is 3.94. The van der Waals surface area contributed by atoms with E-state index in [4.69, 9.17) is 0 Å². The Morgan fingerprint density at radius 1 is 1.00 bits per heavy atom. The molecule has 18 heavy (non-hydrogen) atoms. The third-order valence-corrected chi connectivity index (χ3v) is 4.11. The highest BCUT2D eigenvalue weighted by Gasteiger charge is 2.41. The van der Waals surface area contributed by atoms with Gasteiger partial charge in [-0.2, -0.15) is 0 Å². The van der Waals surface area contributed by atoms with Crippen molar-refractivity contribution in [3.8, 4) is 0 Å². The van der Waals surface area contributed by atoms with E-state index in [1.165, 1.54) is 25.7 Å². The Morgan fingerprint density at radius 2 is 1.72 bits per heavy atom. The van der Waals surface area contributed by atoms with Crippen molar-refractivity contribution in [2.24, 2.45) is 11.8 Å². The monoisotopic (exact) mass is 239 g/mol. The van der Waals surface area contributed by atoms with Crippen molar-refractivity contribution >= 4 is 16.7 Å². The smallest absolute Gasteiger partial charge is 0.137 e. The number of fused-ring (bicyclic) bond motifs is 1. The van der Waals surface area contributed by atoms with E-state index < -0.39 is 0 Å². The molecule has 2 saturated carbocycles. The minimum atomic E-state index is 0.642.